The summed E-state index contributed by atoms with van der Waals surface area (Å²) in [6, 6.07) is -0.639. The smallest absolute Gasteiger partial charge is 0.323 e. The second-order valence-corrected chi connectivity index (χ2v) is 4.80. The van der Waals surface area contributed by atoms with Gasteiger partial charge in [-0.3, -0.25) is 9.59 Å². The van der Waals surface area contributed by atoms with Gasteiger partial charge in [-0.2, -0.15) is 11.8 Å². The highest BCUT2D eigenvalue weighted by atomic mass is 32.2. The van der Waals surface area contributed by atoms with Crippen LogP contribution in [0.2, 0.25) is 0 Å². The molecule has 8 heteroatoms. The van der Waals surface area contributed by atoms with Crippen molar-refractivity contribution in [3.63, 3.8) is 0 Å². The van der Waals surface area contributed by atoms with Crippen molar-refractivity contribution in [1.29, 1.82) is 0 Å². The van der Waals surface area contributed by atoms with E-state index in [2.05, 4.69) is 5.32 Å². The van der Waals surface area contributed by atoms with E-state index in [1.54, 1.807) is 11.8 Å². The first-order valence-electron chi connectivity index (χ1n) is 5.06. The zero-order chi connectivity index (χ0) is 12.8. The van der Waals surface area contributed by atoms with Crippen molar-refractivity contribution in [2.24, 2.45) is 0 Å². The Morgan fingerprint density at radius 1 is 1.24 bits per heavy atom. The van der Waals surface area contributed by atoms with Crippen molar-refractivity contribution in [1.82, 2.24) is 10.2 Å². The van der Waals surface area contributed by atoms with Gasteiger partial charge in [0, 0.05) is 11.8 Å². The number of thioether (sulfide) groups is 1. The molecule has 7 nitrogen and oxygen atoms in total. The molecule has 1 saturated heterocycles. The number of urea groups is 1. The number of amides is 2. The summed E-state index contributed by atoms with van der Waals surface area (Å²) in [6.07, 6.45) is 0.824. The summed E-state index contributed by atoms with van der Waals surface area (Å²) >= 11 is 1.70. The average molecular weight is 262 g/mol. The largest absolute Gasteiger partial charge is 0.480 e. The number of hydrogen-bond acceptors (Lipinski definition) is 4. The number of carbonyl (C=O) groups excluding carboxylic acids is 1. The van der Waals surface area contributed by atoms with E-state index >= 15 is 0 Å². The summed E-state index contributed by atoms with van der Waals surface area (Å²) < 4.78 is 0. The van der Waals surface area contributed by atoms with Crippen LogP contribution in [0, 0.1) is 0 Å². The fourth-order valence-electron chi connectivity index (χ4n) is 1.44. The van der Waals surface area contributed by atoms with Gasteiger partial charge in [0.25, 0.3) is 0 Å². The Hall–Kier alpha value is -1.44. The lowest BCUT2D eigenvalue weighted by Gasteiger charge is -2.21. The molecule has 1 unspecified atom stereocenters. The average Bonchev–Trinajstić information content (AvgIpc) is 2.67. The first-order chi connectivity index (χ1) is 7.99. The van der Waals surface area contributed by atoms with Crippen LogP contribution in [0.1, 0.15) is 6.42 Å². The lowest BCUT2D eigenvalue weighted by Crippen LogP contribution is -2.48. The van der Waals surface area contributed by atoms with Crippen molar-refractivity contribution in [3.05, 3.63) is 0 Å². The van der Waals surface area contributed by atoms with Crippen LogP contribution >= 0.6 is 11.8 Å². The van der Waals surface area contributed by atoms with Crippen molar-refractivity contribution >= 4 is 29.7 Å². The SMILES string of the molecule is O=C(O)CN(CC(=O)O)C(=O)NC1CCSC1. The normalized spacial score (nSPS) is 18.7. The van der Waals surface area contributed by atoms with Crippen LogP contribution in [0.15, 0.2) is 0 Å². The van der Waals surface area contributed by atoms with E-state index in [1.807, 2.05) is 0 Å². The third-order valence-corrected chi connectivity index (χ3v) is 3.36. The third kappa shape index (κ3) is 4.94. The van der Waals surface area contributed by atoms with E-state index in [-0.39, 0.29) is 6.04 Å². The summed E-state index contributed by atoms with van der Waals surface area (Å²) in [5, 5.41) is 19.8. The molecular weight excluding hydrogens is 248 g/mol. The van der Waals surface area contributed by atoms with Crippen LogP contribution in [0.4, 0.5) is 4.79 Å². The second-order valence-electron chi connectivity index (χ2n) is 3.65. The Bertz CT molecular complexity index is 301. The van der Waals surface area contributed by atoms with Gasteiger partial charge in [0.05, 0.1) is 0 Å². The van der Waals surface area contributed by atoms with Gasteiger partial charge in [-0.15, -0.1) is 0 Å². The van der Waals surface area contributed by atoms with Crippen LogP contribution in [0.3, 0.4) is 0 Å². The van der Waals surface area contributed by atoms with Crippen LogP contribution in [0.5, 0.6) is 0 Å². The quantitative estimate of drug-likeness (QED) is 0.626. The van der Waals surface area contributed by atoms with E-state index in [9.17, 15) is 14.4 Å². The van der Waals surface area contributed by atoms with E-state index < -0.39 is 31.1 Å². The number of carboxylic acids is 2. The molecule has 0 aliphatic carbocycles. The lowest BCUT2D eigenvalue weighted by molar-refractivity contribution is -0.140. The van der Waals surface area contributed by atoms with Crippen molar-refractivity contribution in [3.8, 4) is 0 Å². The van der Waals surface area contributed by atoms with Crippen molar-refractivity contribution in [2.45, 2.75) is 12.5 Å². The fourth-order valence-corrected chi connectivity index (χ4v) is 2.59. The van der Waals surface area contributed by atoms with E-state index in [0.717, 1.165) is 22.8 Å². The highest BCUT2D eigenvalue weighted by molar-refractivity contribution is 7.99. The first kappa shape index (κ1) is 13.6. The Labute approximate surface area is 102 Å². The van der Waals surface area contributed by atoms with E-state index in [0.29, 0.717) is 0 Å². The molecular formula is C9H14N2O5S. The van der Waals surface area contributed by atoms with Crippen LogP contribution in [-0.4, -0.2) is 63.7 Å². The van der Waals surface area contributed by atoms with E-state index in [4.69, 9.17) is 10.2 Å². The summed E-state index contributed by atoms with van der Waals surface area (Å²) in [5.41, 5.74) is 0. The molecule has 1 fully saturated rings. The molecule has 3 N–H and O–H groups in total. The molecule has 0 radical (unpaired) electrons. The Balaban J connectivity index is 2.51. The molecule has 1 aliphatic rings. The minimum Gasteiger partial charge on any atom is -0.480 e. The minimum atomic E-state index is -1.23. The summed E-state index contributed by atoms with van der Waals surface area (Å²) in [4.78, 5) is 33.4. The fraction of sp³-hybridized carbons (Fsp3) is 0.667. The highest BCUT2D eigenvalue weighted by Gasteiger charge is 2.23. The number of rotatable bonds is 5. The number of carbonyl (C=O) groups is 3. The van der Waals surface area contributed by atoms with Gasteiger partial charge in [-0.1, -0.05) is 0 Å². The number of aliphatic carboxylic acids is 2. The zero-order valence-electron chi connectivity index (χ0n) is 9.09. The molecule has 0 aromatic heterocycles. The molecule has 2 amide bonds. The van der Waals surface area contributed by atoms with Gasteiger partial charge in [0.1, 0.15) is 13.1 Å². The topological polar surface area (TPSA) is 107 Å². The number of carboxylic acid groups (broad SMARTS) is 2. The maximum Gasteiger partial charge on any atom is 0.323 e. The molecule has 1 rings (SSSR count). The van der Waals surface area contributed by atoms with Crippen molar-refractivity contribution < 1.29 is 24.6 Å². The van der Waals surface area contributed by atoms with Crippen LogP contribution in [-0.2, 0) is 9.59 Å². The molecule has 0 aromatic carbocycles. The van der Waals surface area contributed by atoms with Gasteiger partial charge in [0.15, 0.2) is 0 Å². The van der Waals surface area contributed by atoms with Gasteiger partial charge < -0.3 is 20.4 Å². The zero-order valence-corrected chi connectivity index (χ0v) is 9.90. The predicted molar refractivity (Wildman–Crippen MR) is 61.1 cm³/mol. The van der Waals surface area contributed by atoms with E-state index in [1.165, 1.54) is 0 Å². The number of nitrogens with zero attached hydrogens (tertiary/aromatic N) is 1. The maximum atomic E-state index is 11.6. The van der Waals surface area contributed by atoms with Gasteiger partial charge in [-0.25, -0.2) is 4.79 Å². The maximum absolute atomic E-state index is 11.6. The molecule has 96 valence electrons. The lowest BCUT2D eigenvalue weighted by atomic mass is 10.3. The number of hydrogen-bond donors (Lipinski definition) is 3. The third-order valence-electron chi connectivity index (χ3n) is 2.20. The van der Waals surface area contributed by atoms with Crippen LogP contribution < -0.4 is 5.32 Å². The summed E-state index contributed by atoms with van der Waals surface area (Å²) in [5.74, 6) is -0.743. The van der Waals surface area contributed by atoms with Gasteiger partial charge >= 0.3 is 18.0 Å². The minimum absolute atomic E-state index is 0.00223. The van der Waals surface area contributed by atoms with Crippen molar-refractivity contribution in [2.75, 3.05) is 24.6 Å². The molecule has 1 heterocycles. The molecule has 0 saturated carbocycles. The molecule has 0 aromatic rings. The highest BCUT2D eigenvalue weighted by Crippen LogP contribution is 2.17. The Kier molecular flexibility index (Phi) is 5.08. The predicted octanol–water partition coefficient (Wildman–Crippen LogP) is -0.327. The number of nitrogens with one attached hydrogen (secondary N) is 1. The Morgan fingerprint density at radius 3 is 2.24 bits per heavy atom. The van der Waals surface area contributed by atoms with Gasteiger partial charge in [-0.05, 0) is 12.2 Å². The van der Waals surface area contributed by atoms with Crippen LogP contribution in [0.25, 0.3) is 0 Å². The summed E-state index contributed by atoms with van der Waals surface area (Å²) in [7, 11) is 0. The molecule has 17 heavy (non-hydrogen) atoms. The first-order valence-corrected chi connectivity index (χ1v) is 6.21. The standard InChI is InChI=1S/C9H14N2O5S/c12-7(13)3-11(4-8(14)15)9(16)10-6-1-2-17-5-6/h6H,1-5H2,(H,10,16)(H,12,13)(H,14,15). The monoisotopic (exact) mass is 262 g/mol. The molecule has 1 atom stereocenters. The molecule has 0 bridgehead atoms. The molecule has 1 aliphatic heterocycles. The molecule has 0 spiro atoms. The second kappa shape index (κ2) is 6.33. The Morgan fingerprint density at radius 2 is 1.82 bits per heavy atom. The van der Waals surface area contributed by atoms with Gasteiger partial charge in [0.2, 0.25) is 0 Å². The summed E-state index contributed by atoms with van der Waals surface area (Å²) in [6.45, 7) is -1.23.